The van der Waals surface area contributed by atoms with E-state index < -0.39 is 0 Å². The number of hydrogen-bond acceptors (Lipinski definition) is 2. The normalized spacial score (nSPS) is 7.85. The van der Waals surface area contributed by atoms with Crippen LogP contribution in [0.25, 0.3) is 0 Å². The summed E-state index contributed by atoms with van der Waals surface area (Å²) in [6.45, 7) is 2.48. The van der Waals surface area contributed by atoms with E-state index in [1.54, 1.807) is 12.4 Å². The van der Waals surface area contributed by atoms with Gasteiger partial charge in [-0.15, -0.1) is 0 Å². The lowest BCUT2D eigenvalue weighted by Crippen LogP contribution is -1.78. The van der Waals surface area contributed by atoms with Gasteiger partial charge in [0.05, 0.1) is 0 Å². The highest BCUT2D eigenvalue weighted by atomic mass is 16.2. The molecule has 0 amide bonds. The molecule has 1 aromatic rings. The van der Waals surface area contributed by atoms with Crippen molar-refractivity contribution in [3.63, 3.8) is 0 Å². The molecule has 0 saturated heterocycles. The summed E-state index contributed by atoms with van der Waals surface area (Å²) in [7, 11) is 0. The summed E-state index contributed by atoms with van der Waals surface area (Å²) in [4.78, 5) is 3.78. The molecular weight excluding hydrogens is 166 g/mol. The number of hydrogen-bond donors (Lipinski definition) is 1. The number of aliphatic hydroxyl groups excluding tert-OH is 1. The molecule has 0 spiro atoms. The van der Waals surface area contributed by atoms with Crippen LogP contribution in [-0.2, 0) is 0 Å². The third kappa shape index (κ3) is 14.0. The van der Waals surface area contributed by atoms with Gasteiger partial charge in [-0.1, -0.05) is 25.8 Å². The molecular formula is C10H19NO2. The summed E-state index contributed by atoms with van der Waals surface area (Å²) in [5.41, 5.74) is 0. The van der Waals surface area contributed by atoms with E-state index in [0.717, 1.165) is 12.8 Å². The van der Waals surface area contributed by atoms with Gasteiger partial charge < -0.3 is 10.6 Å². The van der Waals surface area contributed by atoms with E-state index in [9.17, 15) is 0 Å². The van der Waals surface area contributed by atoms with E-state index in [-0.39, 0.29) is 5.48 Å². The molecule has 3 nitrogen and oxygen atoms in total. The Morgan fingerprint density at radius 2 is 1.69 bits per heavy atom. The van der Waals surface area contributed by atoms with Crippen molar-refractivity contribution in [2.45, 2.75) is 26.2 Å². The molecule has 0 bridgehead atoms. The Balaban J connectivity index is 0. The second kappa shape index (κ2) is 13.6. The number of aliphatic hydroxyl groups is 1. The summed E-state index contributed by atoms with van der Waals surface area (Å²) in [5, 5.41) is 8.20. The summed E-state index contributed by atoms with van der Waals surface area (Å²) < 4.78 is 0. The Morgan fingerprint density at radius 3 is 1.85 bits per heavy atom. The monoisotopic (exact) mass is 185 g/mol. The summed E-state index contributed by atoms with van der Waals surface area (Å²) in [5.74, 6) is 0. The Labute approximate surface area is 79.8 Å². The van der Waals surface area contributed by atoms with Gasteiger partial charge in [0.25, 0.3) is 0 Å². The first kappa shape index (κ1) is 14.6. The average molecular weight is 185 g/mol. The number of aromatic nitrogens is 1. The van der Waals surface area contributed by atoms with Crippen LogP contribution < -0.4 is 0 Å². The predicted octanol–water partition coefficient (Wildman–Crippen LogP) is 1.43. The van der Waals surface area contributed by atoms with Crippen LogP contribution in [0.3, 0.4) is 0 Å². The van der Waals surface area contributed by atoms with Gasteiger partial charge in [0.1, 0.15) is 0 Å². The van der Waals surface area contributed by atoms with E-state index in [0.29, 0.717) is 6.61 Å². The molecule has 0 saturated carbocycles. The second-order valence-corrected chi connectivity index (χ2v) is 2.46. The largest absolute Gasteiger partial charge is 0.412 e. The minimum Gasteiger partial charge on any atom is -0.412 e. The Kier molecular flexibility index (Phi) is 15.3. The summed E-state index contributed by atoms with van der Waals surface area (Å²) >= 11 is 0. The quantitative estimate of drug-likeness (QED) is 0.724. The molecule has 0 fully saturated rings. The predicted molar refractivity (Wildman–Crippen MR) is 54.5 cm³/mol. The zero-order chi connectivity index (χ0) is 9.07. The molecule has 1 heterocycles. The fourth-order valence-corrected chi connectivity index (χ4v) is 0.674. The highest BCUT2D eigenvalue weighted by Crippen LogP contribution is 1.89. The van der Waals surface area contributed by atoms with E-state index >= 15 is 0 Å². The third-order valence-corrected chi connectivity index (χ3v) is 1.33. The number of pyridine rings is 1. The second-order valence-electron chi connectivity index (χ2n) is 2.46. The van der Waals surface area contributed by atoms with Gasteiger partial charge in [-0.3, -0.25) is 4.98 Å². The van der Waals surface area contributed by atoms with Gasteiger partial charge in [0.2, 0.25) is 0 Å². The van der Waals surface area contributed by atoms with Crippen molar-refractivity contribution in [2.24, 2.45) is 0 Å². The lowest BCUT2D eigenvalue weighted by atomic mass is 10.3. The summed E-state index contributed by atoms with van der Waals surface area (Å²) in [6.07, 6.45) is 6.83. The molecule has 0 radical (unpaired) electrons. The fourth-order valence-electron chi connectivity index (χ4n) is 0.674. The van der Waals surface area contributed by atoms with Crippen LogP contribution in [0.4, 0.5) is 0 Å². The van der Waals surface area contributed by atoms with Crippen molar-refractivity contribution in [1.29, 1.82) is 0 Å². The Morgan fingerprint density at radius 1 is 1.08 bits per heavy atom. The zero-order valence-electron chi connectivity index (χ0n) is 8.11. The smallest absolute Gasteiger partial charge is 0.0431 e. The van der Waals surface area contributed by atoms with Crippen LogP contribution in [0, 0.1) is 0 Å². The van der Waals surface area contributed by atoms with Crippen LogP contribution in [0.1, 0.15) is 26.2 Å². The Hall–Kier alpha value is -0.930. The first-order chi connectivity index (χ1) is 5.91. The van der Waals surface area contributed by atoms with Crippen molar-refractivity contribution in [3.8, 4) is 0 Å². The number of unbranched alkanes of at least 4 members (excludes halogenated alkanes) is 2. The fraction of sp³-hybridized carbons (Fsp3) is 0.500. The van der Waals surface area contributed by atoms with Crippen LogP contribution in [0.2, 0.25) is 0 Å². The molecule has 1 aromatic heterocycles. The van der Waals surface area contributed by atoms with Crippen molar-refractivity contribution in [2.75, 3.05) is 6.61 Å². The van der Waals surface area contributed by atoms with Gasteiger partial charge in [-0.2, -0.15) is 0 Å². The molecule has 3 N–H and O–H groups in total. The van der Waals surface area contributed by atoms with Crippen molar-refractivity contribution in [1.82, 2.24) is 4.98 Å². The summed E-state index contributed by atoms with van der Waals surface area (Å²) in [6, 6.07) is 5.72. The van der Waals surface area contributed by atoms with Gasteiger partial charge >= 0.3 is 0 Å². The topological polar surface area (TPSA) is 64.6 Å². The van der Waals surface area contributed by atoms with Gasteiger partial charge in [0.15, 0.2) is 0 Å². The standard InChI is InChI=1S/C5H5N.C5H12O.H2O/c1-2-4-6-5-3-1;1-2-3-4-5-6;/h1-5H;6H,2-5H2,1H3;1H2. The highest BCUT2D eigenvalue weighted by molar-refractivity contribution is 4.88. The SMILES string of the molecule is CCCCCO.O.c1ccncc1. The number of rotatable bonds is 3. The van der Waals surface area contributed by atoms with E-state index in [2.05, 4.69) is 11.9 Å². The molecule has 3 heteroatoms. The van der Waals surface area contributed by atoms with E-state index in [1.807, 2.05) is 18.2 Å². The van der Waals surface area contributed by atoms with Crippen molar-refractivity contribution < 1.29 is 10.6 Å². The van der Waals surface area contributed by atoms with Gasteiger partial charge in [0, 0.05) is 19.0 Å². The van der Waals surface area contributed by atoms with Gasteiger partial charge in [-0.05, 0) is 18.6 Å². The first-order valence-corrected chi connectivity index (χ1v) is 4.37. The van der Waals surface area contributed by atoms with Crippen LogP contribution >= 0.6 is 0 Å². The maximum Gasteiger partial charge on any atom is 0.0431 e. The maximum atomic E-state index is 8.20. The van der Waals surface area contributed by atoms with Gasteiger partial charge in [-0.25, -0.2) is 0 Å². The Bertz CT molecular complexity index is 126. The van der Waals surface area contributed by atoms with Crippen LogP contribution in [0.15, 0.2) is 30.6 Å². The lowest BCUT2D eigenvalue weighted by molar-refractivity contribution is 0.284. The minimum atomic E-state index is 0. The van der Waals surface area contributed by atoms with E-state index in [1.165, 1.54) is 6.42 Å². The van der Waals surface area contributed by atoms with Crippen LogP contribution in [-0.4, -0.2) is 22.2 Å². The molecule has 0 aromatic carbocycles. The van der Waals surface area contributed by atoms with E-state index in [4.69, 9.17) is 5.11 Å². The first-order valence-electron chi connectivity index (χ1n) is 4.37. The maximum absolute atomic E-state index is 8.20. The lowest BCUT2D eigenvalue weighted by Gasteiger charge is -1.85. The average Bonchev–Trinajstić information content (AvgIpc) is 2.18. The molecule has 1 rings (SSSR count). The van der Waals surface area contributed by atoms with Crippen molar-refractivity contribution in [3.05, 3.63) is 30.6 Å². The molecule has 0 aliphatic heterocycles. The van der Waals surface area contributed by atoms with Crippen molar-refractivity contribution >= 4 is 0 Å². The zero-order valence-corrected chi connectivity index (χ0v) is 8.11. The third-order valence-electron chi connectivity index (χ3n) is 1.33. The molecule has 0 aliphatic rings. The number of nitrogens with zero attached hydrogens (tertiary/aromatic N) is 1. The minimum absolute atomic E-state index is 0. The highest BCUT2D eigenvalue weighted by Gasteiger charge is 1.76. The molecule has 13 heavy (non-hydrogen) atoms. The molecule has 76 valence electrons. The van der Waals surface area contributed by atoms with Crippen LogP contribution in [0.5, 0.6) is 0 Å². The molecule has 0 aliphatic carbocycles. The molecule has 0 unspecified atom stereocenters. The molecule has 0 atom stereocenters.